The van der Waals surface area contributed by atoms with E-state index in [0.717, 1.165) is 36.0 Å². The summed E-state index contributed by atoms with van der Waals surface area (Å²) in [5.41, 5.74) is 2.61. The van der Waals surface area contributed by atoms with Gasteiger partial charge in [0.25, 0.3) is 6.01 Å². The molecule has 1 unspecified atom stereocenters. The summed E-state index contributed by atoms with van der Waals surface area (Å²) in [5.74, 6) is 0.0109. The molecule has 134 valence electrons. The minimum absolute atomic E-state index is 0.0109. The number of nitrogens with zero attached hydrogens (tertiary/aromatic N) is 2. The lowest BCUT2D eigenvalue weighted by Gasteiger charge is -2.23. The average Bonchev–Trinajstić information content (AvgIpc) is 3.28. The Morgan fingerprint density at radius 2 is 2.04 bits per heavy atom. The number of carbonyl (C=O) groups is 1. The van der Waals surface area contributed by atoms with Gasteiger partial charge in [0.15, 0.2) is 5.58 Å². The highest BCUT2D eigenvalue weighted by molar-refractivity contribution is 6.30. The van der Waals surface area contributed by atoms with E-state index in [0.29, 0.717) is 24.0 Å². The van der Waals surface area contributed by atoms with Crippen LogP contribution in [0.5, 0.6) is 0 Å². The van der Waals surface area contributed by atoms with Gasteiger partial charge in [0, 0.05) is 18.1 Å². The quantitative estimate of drug-likeness (QED) is 0.743. The number of fused-ring (bicyclic) bond motifs is 1. The molecule has 3 aromatic rings. The van der Waals surface area contributed by atoms with Gasteiger partial charge in [0.1, 0.15) is 5.52 Å². The molecule has 2 heterocycles. The molecule has 0 saturated carbocycles. The molecule has 1 N–H and O–H groups in total. The summed E-state index contributed by atoms with van der Waals surface area (Å²) >= 11 is 5.88. The van der Waals surface area contributed by atoms with Crippen molar-refractivity contribution in [1.29, 1.82) is 0 Å². The standard InChI is InChI=1S/C20H20ClN3O2/c21-15-9-7-14(8-10-15)12-19(25)22-13-16-4-3-11-24(16)20-23-17-5-1-2-6-18(17)26-20/h1-2,5-10,16H,3-4,11-13H2,(H,22,25). The highest BCUT2D eigenvalue weighted by Crippen LogP contribution is 2.28. The number of hydrogen-bond acceptors (Lipinski definition) is 4. The van der Waals surface area contributed by atoms with Crippen LogP contribution in [0.2, 0.25) is 5.02 Å². The molecule has 0 radical (unpaired) electrons. The number of carbonyl (C=O) groups excluding carboxylic acids is 1. The Labute approximate surface area is 157 Å². The molecule has 1 aromatic heterocycles. The first-order chi connectivity index (χ1) is 12.7. The van der Waals surface area contributed by atoms with E-state index in [2.05, 4.69) is 15.2 Å². The Morgan fingerprint density at radius 1 is 1.23 bits per heavy atom. The number of oxazole rings is 1. The largest absolute Gasteiger partial charge is 0.423 e. The number of halogens is 1. The van der Waals surface area contributed by atoms with Gasteiger partial charge in [-0.3, -0.25) is 4.79 Å². The first kappa shape index (κ1) is 16.9. The topological polar surface area (TPSA) is 58.4 Å². The van der Waals surface area contributed by atoms with Crippen LogP contribution in [0, 0.1) is 0 Å². The fourth-order valence-electron chi connectivity index (χ4n) is 3.36. The smallest absolute Gasteiger partial charge is 0.298 e. The van der Waals surface area contributed by atoms with Gasteiger partial charge in [-0.1, -0.05) is 35.9 Å². The highest BCUT2D eigenvalue weighted by Gasteiger charge is 2.28. The first-order valence-corrected chi connectivity index (χ1v) is 9.20. The van der Waals surface area contributed by atoms with Crippen LogP contribution in [0.3, 0.4) is 0 Å². The molecule has 4 rings (SSSR count). The number of rotatable bonds is 5. The molecule has 0 aliphatic carbocycles. The van der Waals surface area contributed by atoms with E-state index < -0.39 is 0 Å². The molecule has 6 heteroatoms. The molecule has 1 atom stereocenters. The zero-order valence-electron chi connectivity index (χ0n) is 14.3. The summed E-state index contributed by atoms with van der Waals surface area (Å²) in [4.78, 5) is 19.0. The lowest BCUT2D eigenvalue weighted by molar-refractivity contribution is -0.120. The van der Waals surface area contributed by atoms with Crippen molar-refractivity contribution in [2.24, 2.45) is 0 Å². The van der Waals surface area contributed by atoms with Gasteiger partial charge in [-0.25, -0.2) is 0 Å². The van der Waals surface area contributed by atoms with Crippen LogP contribution in [-0.2, 0) is 11.2 Å². The van der Waals surface area contributed by atoms with Crippen molar-refractivity contribution in [2.75, 3.05) is 18.0 Å². The molecule has 0 spiro atoms. The van der Waals surface area contributed by atoms with E-state index in [-0.39, 0.29) is 11.9 Å². The van der Waals surface area contributed by atoms with Crippen molar-refractivity contribution in [3.63, 3.8) is 0 Å². The van der Waals surface area contributed by atoms with Gasteiger partial charge in [0.2, 0.25) is 5.91 Å². The van der Waals surface area contributed by atoms with Gasteiger partial charge >= 0.3 is 0 Å². The summed E-state index contributed by atoms with van der Waals surface area (Å²) in [6.07, 6.45) is 2.43. The van der Waals surface area contributed by atoms with Crippen LogP contribution >= 0.6 is 11.6 Å². The van der Waals surface area contributed by atoms with Crippen molar-refractivity contribution < 1.29 is 9.21 Å². The van der Waals surface area contributed by atoms with E-state index in [1.807, 2.05) is 36.4 Å². The fraction of sp³-hybridized carbons (Fsp3) is 0.300. The summed E-state index contributed by atoms with van der Waals surface area (Å²) < 4.78 is 5.89. The zero-order valence-corrected chi connectivity index (χ0v) is 15.1. The van der Waals surface area contributed by atoms with Gasteiger partial charge in [-0.05, 0) is 42.7 Å². The summed E-state index contributed by atoms with van der Waals surface area (Å²) in [7, 11) is 0. The first-order valence-electron chi connectivity index (χ1n) is 8.82. The maximum Gasteiger partial charge on any atom is 0.298 e. The minimum Gasteiger partial charge on any atom is -0.423 e. The number of nitrogens with one attached hydrogen (secondary N) is 1. The van der Waals surface area contributed by atoms with Crippen LogP contribution in [0.1, 0.15) is 18.4 Å². The second kappa shape index (κ2) is 7.38. The molecule has 1 saturated heterocycles. The number of anilines is 1. The number of hydrogen-bond donors (Lipinski definition) is 1. The number of amides is 1. The Bertz CT molecular complexity index is 874. The second-order valence-electron chi connectivity index (χ2n) is 6.56. The molecule has 1 aliphatic rings. The third-order valence-corrected chi connectivity index (χ3v) is 4.97. The molecule has 1 aliphatic heterocycles. The predicted molar refractivity (Wildman–Crippen MR) is 103 cm³/mol. The van der Waals surface area contributed by atoms with Crippen molar-refractivity contribution in [1.82, 2.24) is 10.3 Å². The van der Waals surface area contributed by atoms with E-state index in [9.17, 15) is 4.79 Å². The van der Waals surface area contributed by atoms with Gasteiger partial charge in [-0.15, -0.1) is 0 Å². The zero-order chi connectivity index (χ0) is 17.9. The third-order valence-electron chi connectivity index (χ3n) is 4.72. The van der Waals surface area contributed by atoms with E-state index in [4.69, 9.17) is 16.0 Å². The van der Waals surface area contributed by atoms with Crippen LogP contribution < -0.4 is 10.2 Å². The Hall–Kier alpha value is -2.53. The number of benzene rings is 2. The Kier molecular flexibility index (Phi) is 4.80. The average molecular weight is 370 g/mol. The summed E-state index contributed by atoms with van der Waals surface area (Å²) in [6.45, 7) is 1.48. The lowest BCUT2D eigenvalue weighted by Crippen LogP contribution is -2.40. The summed E-state index contributed by atoms with van der Waals surface area (Å²) in [6, 6.07) is 16.0. The van der Waals surface area contributed by atoms with Gasteiger partial charge in [0.05, 0.1) is 12.5 Å². The number of aromatic nitrogens is 1. The van der Waals surface area contributed by atoms with E-state index in [1.54, 1.807) is 12.1 Å². The second-order valence-corrected chi connectivity index (χ2v) is 7.00. The van der Waals surface area contributed by atoms with E-state index >= 15 is 0 Å². The molecule has 26 heavy (non-hydrogen) atoms. The molecular weight excluding hydrogens is 350 g/mol. The van der Waals surface area contributed by atoms with Crippen LogP contribution in [0.4, 0.5) is 6.01 Å². The van der Waals surface area contributed by atoms with Crippen LogP contribution in [0.25, 0.3) is 11.1 Å². The third kappa shape index (κ3) is 3.68. The molecule has 1 amide bonds. The van der Waals surface area contributed by atoms with Crippen molar-refractivity contribution in [2.45, 2.75) is 25.3 Å². The Balaban J connectivity index is 1.37. The molecule has 5 nitrogen and oxygen atoms in total. The molecule has 1 fully saturated rings. The molecular formula is C20H20ClN3O2. The van der Waals surface area contributed by atoms with Gasteiger partial charge in [-0.2, -0.15) is 4.98 Å². The van der Waals surface area contributed by atoms with Crippen molar-refractivity contribution >= 4 is 34.6 Å². The fourth-order valence-corrected chi connectivity index (χ4v) is 3.49. The number of para-hydroxylation sites is 2. The SMILES string of the molecule is O=C(Cc1ccc(Cl)cc1)NCC1CCCN1c1nc2ccccc2o1. The minimum atomic E-state index is 0.0109. The predicted octanol–water partition coefficient (Wildman–Crippen LogP) is 3.81. The van der Waals surface area contributed by atoms with Crippen molar-refractivity contribution in [3.8, 4) is 0 Å². The monoisotopic (exact) mass is 369 g/mol. The van der Waals surface area contributed by atoms with Crippen molar-refractivity contribution in [3.05, 3.63) is 59.1 Å². The van der Waals surface area contributed by atoms with E-state index in [1.165, 1.54) is 0 Å². The molecule has 2 aromatic carbocycles. The highest BCUT2D eigenvalue weighted by atomic mass is 35.5. The maximum absolute atomic E-state index is 12.2. The van der Waals surface area contributed by atoms with Gasteiger partial charge < -0.3 is 14.6 Å². The molecule has 0 bridgehead atoms. The maximum atomic E-state index is 12.2. The van der Waals surface area contributed by atoms with Crippen LogP contribution in [-0.4, -0.2) is 30.0 Å². The lowest BCUT2D eigenvalue weighted by atomic mass is 10.1. The summed E-state index contributed by atoms with van der Waals surface area (Å²) in [5, 5.41) is 3.71. The Morgan fingerprint density at radius 3 is 2.85 bits per heavy atom. The normalized spacial score (nSPS) is 17.0. The van der Waals surface area contributed by atoms with Crippen LogP contribution in [0.15, 0.2) is 52.9 Å².